The Morgan fingerprint density at radius 1 is 1.31 bits per heavy atom. The normalized spacial score (nSPS) is 11.9. The average molecular weight is 497 g/mol. The summed E-state index contributed by atoms with van der Waals surface area (Å²) in [6, 6.07) is 9.23. The van der Waals surface area contributed by atoms with E-state index in [0.717, 1.165) is 24.1 Å². The number of carboxylic acid groups (broad SMARTS) is 1. The Balaban J connectivity index is 1.75. The Bertz CT molecular complexity index is 1260. The van der Waals surface area contributed by atoms with Gasteiger partial charge in [-0.2, -0.15) is 0 Å². The third-order valence-corrected chi connectivity index (χ3v) is 6.14. The van der Waals surface area contributed by atoms with E-state index in [0.29, 0.717) is 46.9 Å². The first kappa shape index (κ1) is 26.2. The molecule has 0 aliphatic heterocycles. The van der Waals surface area contributed by atoms with Crippen molar-refractivity contribution in [2.75, 3.05) is 20.2 Å². The van der Waals surface area contributed by atoms with Gasteiger partial charge in [-0.15, -0.1) is 0 Å². The van der Waals surface area contributed by atoms with Gasteiger partial charge in [0.15, 0.2) is 0 Å². The van der Waals surface area contributed by atoms with E-state index < -0.39 is 11.9 Å². The van der Waals surface area contributed by atoms with E-state index in [9.17, 15) is 14.7 Å². The number of unbranched alkanes of at least 4 members (excludes halogenated alkanes) is 1. The van der Waals surface area contributed by atoms with Gasteiger partial charge in [0.05, 0.1) is 24.7 Å². The zero-order valence-corrected chi connectivity index (χ0v) is 20.9. The first-order valence-corrected chi connectivity index (χ1v) is 11.8. The van der Waals surface area contributed by atoms with Crippen molar-refractivity contribution >= 4 is 40.2 Å². The number of halogens is 1. The molecule has 0 saturated carbocycles. The molecule has 184 valence electrons. The van der Waals surface area contributed by atoms with Crippen molar-refractivity contribution in [2.45, 2.75) is 32.8 Å². The number of aromatic nitrogens is 2. The largest absolute Gasteiger partial charge is 0.481 e. The molecule has 0 saturated heterocycles. The van der Waals surface area contributed by atoms with Gasteiger partial charge in [-0.25, -0.2) is 9.83 Å². The van der Waals surface area contributed by atoms with Gasteiger partial charge in [-0.1, -0.05) is 30.7 Å². The monoisotopic (exact) mass is 496 g/mol. The number of carboxylic acids is 1. The van der Waals surface area contributed by atoms with Crippen molar-refractivity contribution in [3.8, 4) is 0 Å². The van der Waals surface area contributed by atoms with E-state index in [1.165, 1.54) is 11.1 Å². The summed E-state index contributed by atoms with van der Waals surface area (Å²) in [6.07, 6.45) is 3.69. The number of aryl methyl sites for hydroxylation is 1. The second-order valence-corrected chi connectivity index (χ2v) is 9.06. The number of pyridine rings is 1. The molecule has 0 radical (unpaired) electrons. The molecule has 1 unspecified atom stereocenters. The molecule has 1 N–H and O–H groups in total. The fourth-order valence-corrected chi connectivity index (χ4v) is 4.23. The van der Waals surface area contributed by atoms with Gasteiger partial charge < -0.3 is 19.3 Å². The molecule has 1 aromatic carbocycles. The number of rotatable bonds is 11. The molecule has 0 spiro atoms. The van der Waals surface area contributed by atoms with E-state index in [1.807, 2.05) is 35.9 Å². The molecule has 2 heterocycles. The van der Waals surface area contributed by atoms with Gasteiger partial charge in [0.1, 0.15) is 5.65 Å². The molecule has 0 fully saturated rings. The van der Waals surface area contributed by atoms with Gasteiger partial charge >= 0.3 is 5.97 Å². The summed E-state index contributed by atoms with van der Waals surface area (Å²) < 4.78 is 7.66. The molecule has 3 aromatic rings. The van der Waals surface area contributed by atoms with Crippen molar-refractivity contribution in [1.29, 1.82) is 0 Å². The van der Waals surface area contributed by atoms with Crippen LogP contribution in [0.15, 0.2) is 36.5 Å². The first-order valence-electron chi connectivity index (χ1n) is 11.4. The second kappa shape index (κ2) is 11.8. The van der Waals surface area contributed by atoms with Crippen molar-refractivity contribution in [3.63, 3.8) is 0 Å². The van der Waals surface area contributed by atoms with Crippen molar-refractivity contribution in [2.24, 2.45) is 13.0 Å². The number of aliphatic carboxylic acids is 1. The minimum Gasteiger partial charge on any atom is -0.481 e. The highest BCUT2D eigenvalue weighted by Crippen LogP contribution is 2.29. The molecule has 1 atom stereocenters. The summed E-state index contributed by atoms with van der Waals surface area (Å²) in [7, 11) is 3.45. The molecule has 1 amide bonds. The van der Waals surface area contributed by atoms with Crippen LogP contribution < -0.4 is 0 Å². The summed E-state index contributed by atoms with van der Waals surface area (Å²) in [4.78, 5) is 34.0. The Morgan fingerprint density at radius 2 is 2.09 bits per heavy atom. The summed E-state index contributed by atoms with van der Waals surface area (Å²) in [6.45, 7) is 10.0. The van der Waals surface area contributed by atoms with E-state index in [4.69, 9.17) is 22.9 Å². The Labute approximate surface area is 209 Å². The van der Waals surface area contributed by atoms with Crippen molar-refractivity contribution in [3.05, 3.63) is 69.8 Å². The Hall–Kier alpha value is -3.41. The SMILES string of the molecule is [C-]#[N+]c1cnc2c(c1)c(C(=O)N(C)CC(C)C(=O)O)c(CCCCOCc1cccc(Cl)c1)n2C. The quantitative estimate of drug-likeness (QED) is 0.294. The van der Waals surface area contributed by atoms with E-state index in [1.54, 1.807) is 20.0 Å². The topological polar surface area (TPSA) is 89.0 Å². The van der Waals surface area contributed by atoms with Crippen LogP contribution >= 0.6 is 11.6 Å². The number of carbonyl (C=O) groups excluding carboxylic acids is 1. The van der Waals surface area contributed by atoms with Crippen LogP contribution in [-0.4, -0.2) is 51.6 Å². The third-order valence-electron chi connectivity index (χ3n) is 5.90. The number of hydrogen-bond donors (Lipinski definition) is 1. The van der Waals surface area contributed by atoms with Crippen LogP contribution in [0.5, 0.6) is 0 Å². The lowest BCUT2D eigenvalue weighted by Gasteiger charge is -2.20. The number of nitrogens with zero attached hydrogens (tertiary/aromatic N) is 4. The molecule has 35 heavy (non-hydrogen) atoms. The Morgan fingerprint density at radius 3 is 2.77 bits per heavy atom. The van der Waals surface area contributed by atoms with Crippen LogP contribution in [0.25, 0.3) is 15.9 Å². The van der Waals surface area contributed by atoms with Crippen LogP contribution in [-0.2, 0) is 29.6 Å². The zero-order valence-electron chi connectivity index (χ0n) is 20.1. The van der Waals surface area contributed by atoms with E-state index in [-0.39, 0.29) is 12.5 Å². The van der Waals surface area contributed by atoms with E-state index in [2.05, 4.69) is 9.83 Å². The summed E-state index contributed by atoms with van der Waals surface area (Å²) in [5.74, 6) is -1.94. The molecule has 9 heteroatoms. The minimum absolute atomic E-state index is 0.0806. The molecule has 8 nitrogen and oxygen atoms in total. The molecule has 0 aliphatic rings. The predicted octanol–water partition coefficient (Wildman–Crippen LogP) is 5.11. The minimum atomic E-state index is -0.961. The zero-order chi connectivity index (χ0) is 25.5. The maximum absolute atomic E-state index is 13.4. The highest BCUT2D eigenvalue weighted by molar-refractivity contribution is 6.30. The molecule has 2 aromatic heterocycles. The van der Waals surface area contributed by atoms with E-state index >= 15 is 0 Å². The maximum atomic E-state index is 13.4. The van der Waals surface area contributed by atoms with Crippen LogP contribution in [0.3, 0.4) is 0 Å². The standard InChI is InChI=1S/C26H29ClN4O4/c1-17(26(33)34)15-30(3)25(32)23-21-13-20(28-2)14-29-24(21)31(4)22(23)10-5-6-11-35-16-18-8-7-9-19(27)12-18/h7-9,12-14,17H,5-6,10-11,15-16H2,1,3-4H3,(H,33,34). The first-order chi connectivity index (χ1) is 16.7. The molecule has 0 bridgehead atoms. The van der Waals surface area contributed by atoms with Gasteiger partial charge in [0.2, 0.25) is 5.69 Å². The molecular weight excluding hydrogens is 468 g/mol. The van der Waals surface area contributed by atoms with Crippen LogP contribution in [0.4, 0.5) is 5.69 Å². The average Bonchev–Trinajstić information content (AvgIpc) is 3.11. The molecular formula is C26H29ClN4O4. The highest BCUT2D eigenvalue weighted by Gasteiger charge is 2.26. The summed E-state index contributed by atoms with van der Waals surface area (Å²) in [5, 5.41) is 10.5. The van der Waals surface area contributed by atoms with Crippen LogP contribution in [0.2, 0.25) is 5.02 Å². The van der Waals surface area contributed by atoms with Gasteiger partial charge in [-0.3, -0.25) is 9.59 Å². The highest BCUT2D eigenvalue weighted by atomic mass is 35.5. The lowest BCUT2D eigenvalue weighted by Crippen LogP contribution is -2.34. The van der Waals surface area contributed by atoms with Gasteiger partial charge in [-0.05, 0) is 43.0 Å². The lowest BCUT2D eigenvalue weighted by atomic mass is 10.1. The summed E-state index contributed by atoms with van der Waals surface area (Å²) >= 11 is 6.01. The summed E-state index contributed by atoms with van der Waals surface area (Å²) in [5.41, 5.74) is 3.26. The third kappa shape index (κ3) is 6.38. The smallest absolute Gasteiger partial charge is 0.308 e. The number of carbonyl (C=O) groups is 2. The number of hydrogen-bond acceptors (Lipinski definition) is 4. The second-order valence-electron chi connectivity index (χ2n) is 8.62. The fourth-order valence-electron chi connectivity index (χ4n) is 4.02. The van der Waals surface area contributed by atoms with Crippen LogP contribution in [0, 0.1) is 12.5 Å². The van der Waals surface area contributed by atoms with Crippen molar-refractivity contribution < 1.29 is 19.4 Å². The fraction of sp³-hybridized carbons (Fsp3) is 0.385. The number of fused-ring (bicyclic) bond motifs is 1. The van der Waals surface area contributed by atoms with Crippen LogP contribution in [0.1, 0.15) is 41.4 Å². The molecule has 0 aliphatic carbocycles. The lowest BCUT2D eigenvalue weighted by molar-refractivity contribution is -0.141. The predicted molar refractivity (Wildman–Crippen MR) is 135 cm³/mol. The van der Waals surface area contributed by atoms with Gasteiger partial charge in [0.25, 0.3) is 5.91 Å². The van der Waals surface area contributed by atoms with Crippen molar-refractivity contribution in [1.82, 2.24) is 14.5 Å². The maximum Gasteiger partial charge on any atom is 0.308 e. The Kier molecular flexibility index (Phi) is 8.85. The number of benzene rings is 1. The molecule has 3 rings (SSSR count). The number of ether oxygens (including phenoxy) is 1. The van der Waals surface area contributed by atoms with Gasteiger partial charge in [0, 0.05) is 49.5 Å². The number of amides is 1.